The first-order valence-electron chi connectivity index (χ1n) is 10.7. The molecule has 0 atom stereocenters. The van der Waals surface area contributed by atoms with Crippen molar-refractivity contribution in [2.24, 2.45) is 5.73 Å². The van der Waals surface area contributed by atoms with Crippen LogP contribution in [0.1, 0.15) is 31.4 Å². The van der Waals surface area contributed by atoms with Gasteiger partial charge in [-0.3, -0.25) is 4.98 Å². The van der Waals surface area contributed by atoms with Crippen LogP contribution in [0.2, 0.25) is 5.02 Å². The van der Waals surface area contributed by atoms with Gasteiger partial charge in [0.1, 0.15) is 0 Å². The maximum absolute atomic E-state index is 6.25. The molecule has 0 saturated heterocycles. The Balaban J connectivity index is 1.65. The number of halogens is 1. The van der Waals surface area contributed by atoms with Gasteiger partial charge in [-0.2, -0.15) is 0 Å². The Bertz CT molecular complexity index is 1200. The predicted octanol–water partition coefficient (Wildman–Crippen LogP) is 6.73. The lowest BCUT2D eigenvalue weighted by Crippen LogP contribution is -2.38. The number of nitrogens with two attached hydrogens (primary N) is 1. The van der Waals surface area contributed by atoms with Gasteiger partial charge in [0.15, 0.2) is 5.13 Å². The number of fused-ring (bicyclic) bond motifs is 1. The third kappa shape index (κ3) is 4.05. The summed E-state index contributed by atoms with van der Waals surface area (Å²) in [7, 11) is 0. The molecule has 1 fully saturated rings. The average Bonchev–Trinajstić information content (AvgIpc) is 3.17. The van der Waals surface area contributed by atoms with E-state index in [1.54, 1.807) is 11.3 Å². The fourth-order valence-electron chi connectivity index (χ4n) is 4.47. The predicted molar refractivity (Wildman–Crippen MR) is 131 cm³/mol. The first kappa shape index (κ1) is 20.4. The molecule has 1 aliphatic carbocycles. The zero-order chi connectivity index (χ0) is 21.4. The van der Waals surface area contributed by atoms with E-state index in [0.29, 0.717) is 17.1 Å². The van der Waals surface area contributed by atoms with Gasteiger partial charge >= 0.3 is 0 Å². The number of hydrogen-bond acceptors (Lipinski definition) is 5. The minimum absolute atomic E-state index is 0.295. The molecule has 5 rings (SSSR count). The van der Waals surface area contributed by atoms with Crippen molar-refractivity contribution >= 4 is 44.7 Å². The lowest BCUT2D eigenvalue weighted by molar-refractivity contribution is 0.391. The Hall–Kier alpha value is -2.47. The van der Waals surface area contributed by atoms with Crippen LogP contribution in [-0.2, 0) is 0 Å². The first-order chi connectivity index (χ1) is 15.1. The Morgan fingerprint density at radius 2 is 1.81 bits per heavy atom. The second-order valence-electron chi connectivity index (χ2n) is 8.21. The normalized spacial score (nSPS) is 18.9. The van der Waals surface area contributed by atoms with Crippen LogP contribution in [0.3, 0.4) is 0 Å². The molecular weight excluding hydrogens is 424 g/mol. The highest BCUT2D eigenvalue weighted by Crippen LogP contribution is 2.42. The maximum atomic E-state index is 6.25. The van der Waals surface area contributed by atoms with E-state index in [1.165, 1.54) is 10.4 Å². The van der Waals surface area contributed by atoms with Crippen molar-refractivity contribution in [2.45, 2.75) is 44.7 Å². The number of benzene rings is 2. The van der Waals surface area contributed by atoms with Crippen LogP contribution in [0.4, 0.5) is 10.8 Å². The Kier molecular flexibility index (Phi) is 5.65. The van der Waals surface area contributed by atoms with Crippen LogP contribution < -0.4 is 10.6 Å². The fourth-order valence-corrected chi connectivity index (χ4v) is 5.80. The zero-order valence-electron chi connectivity index (χ0n) is 17.5. The van der Waals surface area contributed by atoms with Gasteiger partial charge in [-0.15, -0.1) is 0 Å². The summed E-state index contributed by atoms with van der Waals surface area (Å²) < 4.78 is 0. The van der Waals surface area contributed by atoms with Crippen molar-refractivity contribution in [1.29, 1.82) is 0 Å². The minimum atomic E-state index is 0.295. The highest BCUT2D eigenvalue weighted by Gasteiger charge is 2.29. The number of thiazole rings is 1. The molecule has 0 amide bonds. The minimum Gasteiger partial charge on any atom is -0.328 e. The summed E-state index contributed by atoms with van der Waals surface area (Å²) in [6.07, 6.45) is 6.04. The number of nitrogens with zero attached hydrogens (tertiary/aromatic N) is 3. The molecule has 2 aromatic carbocycles. The van der Waals surface area contributed by atoms with Gasteiger partial charge < -0.3 is 10.6 Å². The Morgan fingerprint density at radius 1 is 1.03 bits per heavy atom. The summed E-state index contributed by atoms with van der Waals surface area (Å²) in [6, 6.07) is 19.2. The maximum Gasteiger partial charge on any atom is 0.190 e. The largest absolute Gasteiger partial charge is 0.328 e. The summed E-state index contributed by atoms with van der Waals surface area (Å²) in [5.74, 6) is 0. The number of hydrogen-bond donors (Lipinski definition) is 1. The molecule has 4 nitrogen and oxygen atoms in total. The lowest BCUT2D eigenvalue weighted by atomic mass is 9.90. The van der Waals surface area contributed by atoms with Crippen molar-refractivity contribution < 1.29 is 0 Å². The molecule has 0 radical (unpaired) electrons. The van der Waals surface area contributed by atoms with Crippen LogP contribution in [0.15, 0.2) is 60.8 Å². The van der Waals surface area contributed by atoms with Crippen molar-refractivity contribution in [3.05, 3.63) is 71.5 Å². The van der Waals surface area contributed by atoms with Gasteiger partial charge in [0.05, 0.1) is 21.8 Å². The third-order valence-electron chi connectivity index (χ3n) is 6.08. The molecule has 6 heteroatoms. The molecule has 0 unspecified atom stereocenters. The number of rotatable bonds is 4. The van der Waals surface area contributed by atoms with E-state index in [4.69, 9.17) is 22.3 Å². The summed E-state index contributed by atoms with van der Waals surface area (Å²) in [6.45, 7) is 2.10. The standard InChI is InChI=1S/C25H25ClN4S/c1-16-24(17-5-3-2-4-6-17)31-25(29-16)30(20-10-8-19(27)9-11-20)23-13-14-28-22-15-18(26)7-12-21(22)23/h2-7,12-15,19-20H,8-11,27H2,1H3. The third-order valence-corrected chi connectivity index (χ3v) is 7.52. The molecular formula is C25H25ClN4S. The summed E-state index contributed by atoms with van der Waals surface area (Å²) in [5.41, 5.74) is 10.5. The summed E-state index contributed by atoms with van der Waals surface area (Å²) in [4.78, 5) is 13.2. The highest BCUT2D eigenvalue weighted by atomic mass is 35.5. The van der Waals surface area contributed by atoms with Gasteiger partial charge in [-0.1, -0.05) is 53.3 Å². The van der Waals surface area contributed by atoms with Crippen molar-refractivity contribution in [1.82, 2.24) is 9.97 Å². The molecule has 2 heterocycles. The van der Waals surface area contributed by atoms with Crippen molar-refractivity contribution in [3.8, 4) is 10.4 Å². The van der Waals surface area contributed by atoms with E-state index in [9.17, 15) is 0 Å². The Morgan fingerprint density at radius 3 is 2.58 bits per heavy atom. The smallest absolute Gasteiger partial charge is 0.190 e. The first-order valence-corrected chi connectivity index (χ1v) is 11.9. The SMILES string of the molecule is Cc1nc(N(c2ccnc3cc(Cl)ccc23)C2CCC(N)CC2)sc1-c1ccccc1. The van der Waals surface area contributed by atoms with Crippen LogP contribution >= 0.6 is 22.9 Å². The van der Waals surface area contributed by atoms with Gasteiger partial charge in [-0.05, 0) is 62.4 Å². The molecule has 0 bridgehead atoms. The molecule has 4 aromatic rings. The van der Waals surface area contributed by atoms with E-state index < -0.39 is 0 Å². The molecule has 0 spiro atoms. The number of anilines is 2. The fraction of sp³-hybridized carbons (Fsp3) is 0.280. The average molecular weight is 449 g/mol. The quantitative estimate of drug-likeness (QED) is 0.376. The van der Waals surface area contributed by atoms with Crippen LogP contribution in [-0.4, -0.2) is 22.1 Å². The van der Waals surface area contributed by atoms with Crippen molar-refractivity contribution in [2.75, 3.05) is 4.90 Å². The molecule has 2 N–H and O–H groups in total. The summed E-state index contributed by atoms with van der Waals surface area (Å²) >= 11 is 8.01. The Labute approximate surface area is 191 Å². The lowest BCUT2D eigenvalue weighted by Gasteiger charge is -2.36. The van der Waals surface area contributed by atoms with Crippen LogP contribution in [0.25, 0.3) is 21.3 Å². The van der Waals surface area contributed by atoms with Crippen LogP contribution in [0.5, 0.6) is 0 Å². The zero-order valence-corrected chi connectivity index (χ0v) is 19.0. The van der Waals surface area contributed by atoms with E-state index in [-0.39, 0.29) is 0 Å². The monoisotopic (exact) mass is 448 g/mol. The number of aryl methyl sites for hydroxylation is 1. The van der Waals surface area contributed by atoms with Crippen LogP contribution in [0, 0.1) is 6.92 Å². The van der Waals surface area contributed by atoms with Gasteiger partial charge in [0.2, 0.25) is 0 Å². The van der Waals surface area contributed by atoms with Gasteiger partial charge in [0.25, 0.3) is 0 Å². The van der Waals surface area contributed by atoms with E-state index in [0.717, 1.165) is 53.1 Å². The molecule has 1 saturated carbocycles. The second kappa shape index (κ2) is 8.58. The van der Waals surface area contributed by atoms with Gasteiger partial charge in [0, 0.05) is 28.7 Å². The molecule has 1 aliphatic rings. The topological polar surface area (TPSA) is 55.0 Å². The van der Waals surface area contributed by atoms with E-state index in [2.05, 4.69) is 53.2 Å². The molecule has 31 heavy (non-hydrogen) atoms. The molecule has 2 aromatic heterocycles. The van der Waals surface area contributed by atoms with Gasteiger partial charge in [-0.25, -0.2) is 4.98 Å². The highest BCUT2D eigenvalue weighted by molar-refractivity contribution is 7.19. The summed E-state index contributed by atoms with van der Waals surface area (Å²) in [5, 5.41) is 2.82. The molecule has 158 valence electrons. The molecule has 0 aliphatic heterocycles. The van der Waals surface area contributed by atoms with Crippen molar-refractivity contribution in [3.63, 3.8) is 0 Å². The van der Waals surface area contributed by atoms with E-state index >= 15 is 0 Å². The number of pyridine rings is 1. The number of aromatic nitrogens is 2. The van der Waals surface area contributed by atoms with E-state index in [1.807, 2.05) is 24.4 Å². The second-order valence-corrected chi connectivity index (χ2v) is 9.62.